The number of piperidine rings is 2. The summed E-state index contributed by atoms with van der Waals surface area (Å²) in [6.07, 6.45) is 6.58. The summed E-state index contributed by atoms with van der Waals surface area (Å²) in [6, 6.07) is 2.01. The molecule has 148 valence electrons. The molecule has 0 aliphatic carbocycles. The van der Waals surface area contributed by atoms with Gasteiger partial charge in [-0.05, 0) is 37.7 Å². The van der Waals surface area contributed by atoms with Gasteiger partial charge in [-0.15, -0.1) is 11.3 Å². The molecule has 1 atom stereocenters. The first-order valence-corrected chi connectivity index (χ1v) is 10.8. The first-order chi connectivity index (χ1) is 13.6. The molecule has 2 aliphatic rings. The summed E-state index contributed by atoms with van der Waals surface area (Å²) in [6.45, 7) is 6.51. The predicted molar refractivity (Wildman–Crippen MR) is 111 cm³/mol. The van der Waals surface area contributed by atoms with Crippen LogP contribution in [0.15, 0.2) is 23.8 Å². The predicted octanol–water partition coefficient (Wildman–Crippen LogP) is 2.58. The van der Waals surface area contributed by atoms with E-state index in [1.807, 2.05) is 30.8 Å². The molecule has 3 aromatic rings. The largest absolute Gasteiger partial charge is 0.392 e. The Bertz CT molecular complexity index is 947. The topological polar surface area (TPSA) is 81.2 Å². The summed E-state index contributed by atoms with van der Waals surface area (Å²) in [5.74, 6) is 1.82. The maximum Gasteiger partial charge on any atom is 0.156 e. The molecule has 7 nitrogen and oxygen atoms in total. The van der Waals surface area contributed by atoms with Crippen LogP contribution in [0, 0.1) is 12.3 Å². The summed E-state index contributed by atoms with van der Waals surface area (Å²) < 4.78 is 0. The van der Waals surface area contributed by atoms with Crippen LogP contribution < -0.4 is 4.90 Å². The quantitative estimate of drug-likeness (QED) is 0.706. The first-order valence-electron chi connectivity index (χ1n) is 9.96. The number of hydrogen-bond donors (Lipinski definition) is 2. The minimum Gasteiger partial charge on any atom is -0.392 e. The van der Waals surface area contributed by atoms with Crippen LogP contribution in [0.3, 0.4) is 0 Å². The molecule has 3 aromatic heterocycles. The van der Waals surface area contributed by atoms with Gasteiger partial charge in [-0.25, -0.2) is 15.0 Å². The van der Waals surface area contributed by atoms with E-state index in [1.54, 1.807) is 11.3 Å². The molecule has 28 heavy (non-hydrogen) atoms. The molecule has 2 N–H and O–H groups in total. The second kappa shape index (κ2) is 7.09. The van der Waals surface area contributed by atoms with Crippen LogP contribution in [-0.2, 0) is 6.54 Å². The molecular weight excluding hydrogens is 372 g/mol. The number of hydrogen-bond acceptors (Lipinski definition) is 7. The van der Waals surface area contributed by atoms with Gasteiger partial charge in [-0.3, -0.25) is 4.90 Å². The van der Waals surface area contributed by atoms with Crippen molar-refractivity contribution in [1.82, 2.24) is 24.8 Å². The number of anilines is 1. The van der Waals surface area contributed by atoms with Crippen LogP contribution in [0.2, 0.25) is 0 Å². The molecule has 2 fully saturated rings. The van der Waals surface area contributed by atoms with E-state index in [0.717, 1.165) is 79.7 Å². The van der Waals surface area contributed by atoms with Gasteiger partial charge >= 0.3 is 0 Å². The number of nitrogens with zero attached hydrogens (tertiary/aromatic N) is 5. The van der Waals surface area contributed by atoms with Gasteiger partial charge in [0.05, 0.1) is 18.2 Å². The second-order valence-electron chi connectivity index (χ2n) is 8.27. The maximum atomic E-state index is 10.6. The minimum absolute atomic E-state index is 0.183. The number of aliphatic hydroxyl groups excluding tert-OH is 1. The summed E-state index contributed by atoms with van der Waals surface area (Å²) in [4.78, 5) is 21.7. The average Bonchev–Trinajstić information content (AvgIpc) is 3.32. The Morgan fingerprint density at radius 3 is 2.96 bits per heavy atom. The fourth-order valence-corrected chi connectivity index (χ4v) is 5.59. The Labute approximate surface area is 168 Å². The van der Waals surface area contributed by atoms with Crippen molar-refractivity contribution in [1.29, 1.82) is 0 Å². The molecule has 0 amide bonds. The smallest absolute Gasteiger partial charge is 0.156 e. The van der Waals surface area contributed by atoms with E-state index in [4.69, 9.17) is 4.98 Å². The van der Waals surface area contributed by atoms with Crippen molar-refractivity contribution >= 4 is 28.2 Å². The number of aliphatic hydroxyl groups is 1. The number of likely N-dealkylation sites (tertiary alicyclic amines) is 1. The van der Waals surface area contributed by atoms with Crippen LogP contribution in [0.1, 0.15) is 30.1 Å². The second-order valence-corrected chi connectivity index (χ2v) is 9.25. The van der Waals surface area contributed by atoms with Crippen molar-refractivity contribution in [2.45, 2.75) is 38.8 Å². The van der Waals surface area contributed by atoms with Crippen molar-refractivity contribution in [2.24, 2.45) is 5.41 Å². The molecule has 0 bridgehead atoms. The van der Waals surface area contributed by atoms with Crippen molar-refractivity contribution in [3.63, 3.8) is 0 Å². The number of aromatic amines is 1. The third-order valence-corrected chi connectivity index (χ3v) is 6.93. The molecule has 2 aliphatic heterocycles. The molecule has 1 unspecified atom stereocenters. The first kappa shape index (κ1) is 18.0. The Morgan fingerprint density at radius 2 is 2.18 bits per heavy atom. The Kier molecular flexibility index (Phi) is 4.57. The lowest BCUT2D eigenvalue weighted by Crippen LogP contribution is -2.53. The van der Waals surface area contributed by atoms with Crippen LogP contribution in [0.25, 0.3) is 11.0 Å². The van der Waals surface area contributed by atoms with Gasteiger partial charge in [0.15, 0.2) is 5.82 Å². The molecule has 0 aromatic carbocycles. The number of aryl methyl sites for hydroxylation is 1. The van der Waals surface area contributed by atoms with Crippen molar-refractivity contribution < 1.29 is 5.11 Å². The number of aromatic nitrogens is 4. The molecule has 0 radical (unpaired) electrons. The Morgan fingerprint density at radius 1 is 1.32 bits per heavy atom. The van der Waals surface area contributed by atoms with Crippen LogP contribution in [0.4, 0.5) is 5.82 Å². The average molecular weight is 399 g/mol. The van der Waals surface area contributed by atoms with E-state index >= 15 is 0 Å². The van der Waals surface area contributed by atoms with E-state index < -0.39 is 0 Å². The number of nitrogens with one attached hydrogen (secondary N) is 1. The molecule has 1 spiro atoms. The Balaban J connectivity index is 1.32. The highest BCUT2D eigenvalue weighted by molar-refractivity contribution is 7.09. The number of fused-ring (bicyclic) bond motifs is 1. The molecule has 2 saturated heterocycles. The lowest BCUT2D eigenvalue weighted by Gasteiger charge is -2.49. The van der Waals surface area contributed by atoms with Gasteiger partial charge < -0.3 is 15.0 Å². The molecule has 8 heteroatoms. The third-order valence-electron chi connectivity index (χ3n) is 6.16. The number of rotatable bonds is 3. The van der Waals surface area contributed by atoms with E-state index in [2.05, 4.69) is 24.8 Å². The minimum atomic E-state index is -0.253. The zero-order valence-corrected chi connectivity index (χ0v) is 17.0. The summed E-state index contributed by atoms with van der Waals surface area (Å²) in [5, 5.41) is 13.7. The SMILES string of the molecule is Cc1nc(N2CCC3(CC2)CC(O)CN(Cc2nccs2)C3)c2[nH]ccc2n1. The number of β-amino-alcohol motifs (C(OH)–C–C–N with tert-alkyl or cyclic N) is 1. The van der Waals surface area contributed by atoms with Gasteiger partial charge in [0, 0.05) is 44.0 Å². The maximum absolute atomic E-state index is 10.6. The van der Waals surface area contributed by atoms with E-state index in [9.17, 15) is 5.11 Å². The van der Waals surface area contributed by atoms with Crippen LogP contribution in [0.5, 0.6) is 0 Å². The van der Waals surface area contributed by atoms with E-state index in [1.165, 1.54) is 0 Å². The highest BCUT2D eigenvalue weighted by Crippen LogP contribution is 2.41. The summed E-state index contributed by atoms with van der Waals surface area (Å²) in [7, 11) is 0. The molecule has 0 saturated carbocycles. The molecule has 5 rings (SSSR count). The fourth-order valence-electron chi connectivity index (χ4n) is 4.93. The summed E-state index contributed by atoms with van der Waals surface area (Å²) in [5.41, 5.74) is 2.18. The normalized spacial score (nSPS) is 22.9. The van der Waals surface area contributed by atoms with Gasteiger partial charge in [0.25, 0.3) is 0 Å². The molecular formula is C20H26N6OS. The number of H-pyrrole nitrogens is 1. The van der Waals surface area contributed by atoms with E-state index in [-0.39, 0.29) is 11.5 Å². The third kappa shape index (κ3) is 3.40. The van der Waals surface area contributed by atoms with Gasteiger partial charge in [0.1, 0.15) is 16.3 Å². The zero-order chi connectivity index (χ0) is 19.1. The van der Waals surface area contributed by atoms with Crippen LogP contribution >= 0.6 is 11.3 Å². The fraction of sp³-hybridized carbons (Fsp3) is 0.550. The lowest BCUT2D eigenvalue weighted by atomic mass is 9.71. The Hall–Kier alpha value is -2.03. The van der Waals surface area contributed by atoms with Gasteiger partial charge in [-0.2, -0.15) is 0 Å². The number of thiazole rings is 1. The van der Waals surface area contributed by atoms with E-state index in [0.29, 0.717) is 0 Å². The van der Waals surface area contributed by atoms with Crippen molar-refractivity contribution in [3.8, 4) is 0 Å². The summed E-state index contributed by atoms with van der Waals surface area (Å²) >= 11 is 1.69. The van der Waals surface area contributed by atoms with Crippen molar-refractivity contribution in [3.05, 3.63) is 34.7 Å². The zero-order valence-electron chi connectivity index (χ0n) is 16.1. The van der Waals surface area contributed by atoms with Crippen LogP contribution in [-0.4, -0.2) is 62.2 Å². The van der Waals surface area contributed by atoms with Crippen molar-refractivity contribution in [2.75, 3.05) is 31.1 Å². The van der Waals surface area contributed by atoms with Gasteiger partial charge in [0.2, 0.25) is 0 Å². The lowest BCUT2D eigenvalue weighted by molar-refractivity contribution is -0.0251. The highest BCUT2D eigenvalue weighted by Gasteiger charge is 2.42. The standard InChI is InChI=1S/C20H26N6OS/c1-14-23-16-2-5-22-18(16)19(24-14)26-7-3-20(4-8-26)10-15(27)11-25(13-20)12-17-21-6-9-28-17/h2,5-6,9,15,22,27H,3-4,7-8,10-13H2,1H3. The molecule has 5 heterocycles. The monoisotopic (exact) mass is 398 g/mol. The highest BCUT2D eigenvalue weighted by atomic mass is 32.1. The van der Waals surface area contributed by atoms with Gasteiger partial charge in [-0.1, -0.05) is 0 Å².